The van der Waals surface area contributed by atoms with Crippen LogP contribution in [0.4, 0.5) is 17.6 Å². The Kier molecular flexibility index (Phi) is 6.17. The first kappa shape index (κ1) is 22.5. The topological polar surface area (TPSA) is 64.7 Å². The number of benzene rings is 1. The first-order valence-corrected chi connectivity index (χ1v) is 10.2. The van der Waals surface area contributed by atoms with Crippen LogP contribution in [-0.2, 0) is 11.3 Å². The maximum absolute atomic E-state index is 13.5. The lowest BCUT2D eigenvalue weighted by Gasteiger charge is -2.15. The van der Waals surface area contributed by atoms with Crippen molar-refractivity contribution in [3.8, 4) is 5.69 Å². The van der Waals surface area contributed by atoms with E-state index in [2.05, 4.69) is 15.4 Å². The van der Waals surface area contributed by atoms with E-state index in [4.69, 9.17) is 0 Å². The van der Waals surface area contributed by atoms with E-state index in [9.17, 15) is 22.4 Å². The molecule has 0 fully saturated rings. The fraction of sp³-hybridized carbons (Fsp3) is 0.261. The van der Waals surface area contributed by atoms with Crippen molar-refractivity contribution < 1.29 is 22.4 Å². The lowest BCUT2D eigenvalue weighted by molar-refractivity contribution is -0.122. The fourth-order valence-electron chi connectivity index (χ4n) is 3.75. The summed E-state index contributed by atoms with van der Waals surface area (Å²) in [6.45, 7) is 2.93. The van der Waals surface area contributed by atoms with Crippen LogP contribution in [-0.4, -0.2) is 25.2 Å². The monoisotopic (exact) mass is 459 g/mol. The van der Waals surface area contributed by atoms with Gasteiger partial charge in [0.15, 0.2) is 5.65 Å². The number of fused-ring (bicyclic) bond motifs is 1. The highest BCUT2D eigenvalue weighted by molar-refractivity contribution is 5.85. The number of hydrogen-bond donors (Lipinski definition) is 1. The van der Waals surface area contributed by atoms with E-state index in [0.717, 1.165) is 15.9 Å². The number of pyridine rings is 1. The lowest BCUT2D eigenvalue weighted by atomic mass is 10.1. The summed E-state index contributed by atoms with van der Waals surface area (Å²) in [6, 6.07) is 11.8. The maximum atomic E-state index is 13.5. The summed E-state index contributed by atoms with van der Waals surface area (Å²) in [7, 11) is 0. The zero-order chi connectivity index (χ0) is 23.7. The van der Waals surface area contributed by atoms with Gasteiger partial charge in [0.1, 0.15) is 12.2 Å². The van der Waals surface area contributed by atoms with Crippen LogP contribution >= 0.6 is 0 Å². The van der Waals surface area contributed by atoms with Crippen LogP contribution in [0.5, 0.6) is 0 Å². The Hall–Kier alpha value is -3.69. The van der Waals surface area contributed by atoms with E-state index in [1.807, 2.05) is 53.4 Å². The van der Waals surface area contributed by atoms with Crippen molar-refractivity contribution in [2.45, 2.75) is 39.3 Å². The van der Waals surface area contributed by atoms with Gasteiger partial charge in [0.25, 0.3) is 12.9 Å². The second kappa shape index (κ2) is 9.05. The van der Waals surface area contributed by atoms with E-state index in [0.29, 0.717) is 6.07 Å². The number of nitrogens with one attached hydrogen (secondary N) is 1. The molecule has 0 spiro atoms. The number of aromatic nitrogens is 4. The van der Waals surface area contributed by atoms with E-state index in [1.165, 1.54) is 6.92 Å². The molecule has 0 aliphatic heterocycles. The molecule has 0 aliphatic rings. The minimum Gasteiger partial charge on any atom is -0.348 e. The molecular weight excluding hydrogens is 438 g/mol. The SMILES string of the molecule is Cc1nn(CC(=O)NC(C)c2ccc(-n3cccc3)cc2)c2nc(C(F)F)cc(C(F)F)c12. The average Bonchev–Trinajstić information content (AvgIpc) is 3.42. The van der Waals surface area contributed by atoms with Crippen molar-refractivity contribution in [3.05, 3.63) is 77.4 Å². The van der Waals surface area contributed by atoms with Gasteiger partial charge in [-0.25, -0.2) is 27.2 Å². The summed E-state index contributed by atoms with van der Waals surface area (Å²) in [4.78, 5) is 16.4. The Morgan fingerprint density at radius 1 is 1.06 bits per heavy atom. The Labute approximate surface area is 186 Å². The van der Waals surface area contributed by atoms with Crippen molar-refractivity contribution in [2.24, 2.45) is 0 Å². The average molecular weight is 459 g/mol. The van der Waals surface area contributed by atoms with Gasteiger partial charge in [-0.3, -0.25) is 4.79 Å². The lowest BCUT2D eigenvalue weighted by Crippen LogP contribution is -2.30. The fourth-order valence-corrected chi connectivity index (χ4v) is 3.75. The predicted molar refractivity (Wildman–Crippen MR) is 115 cm³/mol. The summed E-state index contributed by atoms with van der Waals surface area (Å²) in [5.74, 6) is -0.454. The molecule has 1 unspecified atom stereocenters. The van der Waals surface area contributed by atoms with Gasteiger partial charge < -0.3 is 9.88 Å². The summed E-state index contributed by atoms with van der Waals surface area (Å²) in [6.07, 6.45) is -2.17. The molecule has 33 heavy (non-hydrogen) atoms. The molecule has 1 amide bonds. The number of carbonyl (C=O) groups excluding carboxylic acids is 1. The minimum absolute atomic E-state index is 0.0177. The highest BCUT2D eigenvalue weighted by atomic mass is 19.3. The first-order valence-electron chi connectivity index (χ1n) is 10.2. The summed E-state index contributed by atoms with van der Waals surface area (Å²) >= 11 is 0. The number of halogens is 4. The molecular formula is C23H21F4N5O. The van der Waals surface area contributed by atoms with E-state index >= 15 is 0 Å². The van der Waals surface area contributed by atoms with E-state index in [1.54, 1.807) is 6.92 Å². The molecule has 0 saturated carbocycles. The van der Waals surface area contributed by atoms with Crippen LogP contribution in [0.1, 0.15) is 48.3 Å². The van der Waals surface area contributed by atoms with Gasteiger partial charge in [0, 0.05) is 23.6 Å². The number of aryl methyl sites for hydroxylation is 1. The second-order valence-electron chi connectivity index (χ2n) is 7.65. The van der Waals surface area contributed by atoms with Gasteiger partial charge in [-0.1, -0.05) is 12.1 Å². The van der Waals surface area contributed by atoms with Crippen LogP contribution in [0.2, 0.25) is 0 Å². The number of rotatable bonds is 7. The first-order chi connectivity index (χ1) is 15.7. The Bertz CT molecular complexity index is 1270. The van der Waals surface area contributed by atoms with Crippen molar-refractivity contribution in [1.29, 1.82) is 0 Å². The summed E-state index contributed by atoms with van der Waals surface area (Å²) < 4.78 is 56.4. The third-order valence-electron chi connectivity index (χ3n) is 5.35. The molecule has 172 valence electrons. The number of alkyl halides is 4. The maximum Gasteiger partial charge on any atom is 0.280 e. The van der Waals surface area contributed by atoms with Gasteiger partial charge >= 0.3 is 0 Å². The molecule has 0 bridgehead atoms. The van der Waals surface area contributed by atoms with Crippen LogP contribution in [0.15, 0.2) is 54.9 Å². The van der Waals surface area contributed by atoms with Crippen LogP contribution in [0.3, 0.4) is 0 Å². The summed E-state index contributed by atoms with van der Waals surface area (Å²) in [5, 5.41) is 6.90. The van der Waals surface area contributed by atoms with Crippen LogP contribution in [0, 0.1) is 6.92 Å². The molecule has 10 heteroatoms. The molecule has 4 rings (SSSR count). The highest BCUT2D eigenvalue weighted by Gasteiger charge is 2.24. The highest BCUT2D eigenvalue weighted by Crippen LogP contribution is 2.32. The minimum atomic E-state index is -3.03. The van der Waals surface area contributed by atoms with Gasteiger partial charge in [0.05, 0.1) is 17.1 Å². The smallest absolute Gasteiger partial charge is 0.280 e. The molecule has 6 nitrogen and oxygen atoms in total. The largest absolute Gasteiger partial charge is 0.348 e. The number of nitrogens with zero attached hydrogens (tertiary/aromatic N) is 4. The quantitative estimate of drug-likeness (QED) is 0.383. The third-order valence-corrected chi connectivity index (χ3v) is 5.35. The molecule has 3 heterocycles. The molecule has 1 aromatic carbocycles. The Balaban J connectivity index is 1.54. The molecule has 3 aromatic heterocycles. The molecule has 4 aromatic rings. The van der Waals surface area contributed by atoms with Crippen molar-refractivity contribution in [1.82, 2.24) is 24.6 Å². The second-order valence-corrected chi connectivity index (χ2v) is 7.65. The third kappa shape index (κ3) is 4.59. The normalized spacial score (nSPS) is 12.6. The number of amides is 1. The van der Waals surface area contributed by atoms with E-state index < -0.39 is 30.0 Å². The Morgan fingerprint density at radius 2 is 1.73 bits per heavy atom. The molecule has 1 N–H and O–H groups in total. The molecule has 0 aliphatic carbocycles. The Morgan fingerprint density at radius 3 is 2.33 bits per heavy atom. The number of hydrogen-bond acceptors (Lipinski definition) is 3. The van der Waals surface area contributed by atoms with Gasteiger partial charge in [0.2, 0.25) is 5.91 Å². The zero-order valence-corrected chi connectivity index (χ0v) is 17.8. The standard InChI is InChI=1S/C23H21F4N5O/c1-13(15-5-7-16(8-6-15)31-9-3-4-10-31)28-19(33)12-32-23-20(14(2)30-32)17(21(24)25)11-18(29-23)22(26)27/h3-11,13,21-22H,12H2,1-2H3,(H,28,33). The van der Waals surface area contributed by atoms with Crippen LogP contribution in [0.25, 0.3) is 16.7 Å². The van der Waals surface area contributed by atoms with Gasteiger partial charge in [-0.15, -0.1) is 0 Å². The summed E-state index contributed by atoms with van der Waals surface area (Å²) in [5.41, 5.74) is 0.496. The van der Waals surface area contributed by atoms with Crippen molar-refractivity contribution in [2.75, 3.05) is 0 Å². The van der Waals surface area contributed by atoms with Crippen LogP contribution < -0.4 is 5.32 Å². The zero-order valence-electron chi connectivity index (χ0n) is 17.8. The van der Waals surface area contributed by atoms with Gasteiger partial charge in [-0.2, -0.15) is 5.10 Å². The molecule has 0 saturated heterocycles. The van der Waals surface area contributed by atoms with Gasteiger partial charge in [-0.05, 0) is 49.7 Å². The van der Waals surface area contributed by atoms with Crippen molar-refractivity contribution >= 4 is 16.9 Å². The predicted octanol–water partition coefficient (Wildman–Crippen LogP) is 5.28. The molecule has 1 atom stereocenters. The number of carbonyl (C=O) groups is 1. The molecule has 0 radical (unpaired) electrons. The van der Waals surface area contributed by atoms with Crippen molar-refractivity contribution in [3.63, 3.8) is 0 Å². The van der Waals surface area contributed by atoms with E-state index in [-0.39, 0.29) is 29.3 Å².